The Morgan fingerprint density at radius 3 is 2.31 bits per heavy atom. The lowest BCUT2D eigenvalue weighted by Crippen LogP contribution is -2.29. The first kappa shape index (κ1) is 29.3. The van der Waals surface area contributed by atoms with Gasteiger partial charge in [-0.2, -0.15) is 0 Å². The molecule has 0 radical (unpaired) electrons. The first-order chi connectivity index (χ1) is 20.3. The van der Waals surface area contributed by atoms with Crippen molar-refractivity contribution in [2.75, 3.05) is 28.2 Å². The quantitative estimate of drug-likeness (QED) is 0.205. The topological polar surface area (TPSA) is 65.4 Å². The van der Waals surface area contributed by atoms with Crippen LogP contribution in [0.25, 0.3) is 5.69 Å². The highest BCUT2D eigenvalue weighted by Crippen LogP contribution is 2.44. The molecule has 218 valence electrons. The Hall–Kier alpha value is -4.17. The highest BCUT2D eigenvalue weighted by Gasteiger charge is 2.42. The van der Waals surface area contributed by atoms with Crippen molar-refractivity contribution in [3.8, 4) is 5.69 Å². The summed E-state index contributed by atoms with van der Waals surface area (Å²) in [5.41, 5.74) is 9.56. The van der Waals surface area contributed by atoms with Gasteiger partial charge in [-0.25, -0.2) is 0 Å². The molecule has 1 saturated heterocycles. The molecule has 7 nitrogen and oxygen atoms in total. The molecule has 0 bridgehead atoms. The third kappa shape index (κ3) is 5.51. The van der Waals surface area contributed by atoms with Crippen molar-refractivity contribution >= 4 is 40.3 Å². The van der Waals surface area contributed by atoms with E-state index in [1.165, 1.54) is 11.3 Å². The maximum absolute atomic E-state index is 12.1. The van der Waals surface area contributed by atoms with Gasteiger partial charge in [0.05, 0.1) is 17.8 Å². The van der Waals surface area contributed by atoms with E-state index in [0.29, 0.717) is 11.5 Å². The summed E-state index contributed by atoms with van der Waals surface area (Å²) in [5, 5.41) is 7.23. The molecule has 2 N–H and O–H groups in total. The lowest BCUT2D eigenvalue weighted by molar-refractivity contribution is -0.115. The van der Waals surface area contributed by atoms with E-state index in [0.717, 1.165) is 52.8 Å². The number of carbonyl (C=O) groups excluding carboxylic acids is 1. The fraction of sp³-hybridized carbons (Fsp3) is 0.324. The van der Waals surface area contributed by atoms with E-state index >= 15 is 0 Å². The number of nitrogens with zero attached hydrogens (tertiary/aromatic N) is 4. The first-order valence-corrected chi connectivity index (χ1v) is 15.1. The van der Waals surface area contributed by atoms with Gasteiger partial charge in [-0.05, 0) is 119 Å². The highest BCUT2D eigenvalue weighted by molar-refractivity contribution is 7.80. The van der Waals surface area contributed by atoms with Crippen molar-refractivity contribution in [3.63, 3.8) is 0 Å². The maximum atomic E-state index is 12.1. The van der Waals surface area contributed by atoms with Crippen LogP contribution in [0.15, 0.2) is 72.9 Å². The molecule has 1 fully saturated rings. The third-order valence-corrected chi connectivity index (χ3v) is 8.52. The van der Waals surface area contributed by atoms with E-state index < -0.39 is 0 Å². The minimum absolute atomic E-state index is 0.00475. The minimum atomic E-state index is -0.141. The number of thiocarbonyl (C=S) groups is 1. The van der Waals surface area contributed by atoms with Gasteiger partial charge in [0, 0.05) is 59.8 Å². The highest BCUT2D eigenvalue weighted by atomic mass is 32.1. The Balaban J connectivity index is 1.59. The summed E-state index contributed by atoms with van der Waals surface area (Å²) < 4.78 is 2.32. The van der Waals surface area contributed by atoms with Gasteiger partial charge in [-0.15, -0.1) is 0 Å². The number of rotatable bonds is 9. The molecule has 2 aromatic heterocycles. The summed E-state index contributed by atoms with van der Waals surface area (Å²) in [6.45, 7) is 14.5. The van der Waals surface area contributed by atoms with Crippen LogP contribution >= 0.6 is 12.2 Å². The number of amides is 1. The van der Waals surface area contributed by atoms with E-state index in [4.69, 9.17) is 17.2 Å². The van der Waals surface area contributed by atoms with E-state index in [1.807, 2.05) is 44.3 Å². The van der Waals surface area contributed by atoms with Gasteiger partial charge in [-0.3, -0.25) is 9.78 Å². The molecule has 2 atom stereocenters. The average Bonchev–Trinajstić information content (AvgIpc) is 3.50. The van der Waals surface area contributed by atoms with Crippen LogP contribution in [0.1, 0.15) is 67.5 Å². The molecule has 1 amide bonds. The van der Waals surface area contributed by atoms with Gasteiger partial charge in [0.2, 0.25) is 5.91 Å². The Bertz CT molecular complexity index is 1580. The second-order valence-corrected chi connectivity index (χ2v) is 11.1. The smallest absolute Gasteiger partial charge is 0.224 e. The third-order valence-electron chi connectivity index (χ3n) is 8.21. The van der Waals surface area contributed by atoms with Crippen LogP contribution < -0.4 is 20.4 Å². The van der Waals surface area contributed by atoms with Crippen LogP contribution in [0.5, 0.6) is 0 Å². The summed E-state index contributed by atoms with van der Waals surface area (Å²) in [7, 11) is 0. The number of nitrogens with one attached hydrogen (secondary N) is 2. The Labute approximate surface area is 254 Å². The maximum Gasteiger partial charge on any atom is 0.224 e. The standard InChI is InChI=1S/C34H40N6OS/c1-7-31(41)36-29-18-17-27(20-22(29)4)40-33(32(37-34(40)42)30-12-10-11-19-35-30)28-21-23(5)39(24(28)6)26-15-13-25(14-16-26)38(8-2)9-3/h10-21,32-33H,7-9H2,1-6H3,(H,36,41)(H,37,42). The Morgan fingerprint density at radius 2 is 1.69 bits per heavy atom. The number of aryl methyl sites for hydroxylation is 2. The molecule has 2 unspecified atom stereocenters. The van der Waals surface area contributed by atoms with Gasteiger partial charge in [0.1, 0.15) is 0 Å². The van der Waals surface area contributed by atoms with Crippen LogP contribution in [-0.2, 0) is 4.79 Å². The second-order valence-electron chi connectivity index (χ2n) is 10.7. The van der Waals surface area contributed by atoms with Crippen molar-refractivity contribution in [3.05, 3.63) is 101 Å². The van der Waals surface area contributed by atoms with Gasteiger partial charge < -0.3 is 25.0 Å². The molecule has 1 aliphatic rings. The number of hydrogen-bond acceptors (Lipinski definition) is 4. The fourth-order valence-corrected chi connectivity index (χ4v) is 6.36. The van der Waals surface area contributed by atoms with Crippen LogP contribution in [0, 0.1) is 20.8 Å². The summed E-state index contributed by atoms with van der Waals surface area (Å²) in [6.07, 6.45) is 2.26. The Morgan fingerprint density at radius 1 is 0.976 bits per heavy atom. The van der Waals surface area contributed by atoms with E-state index in [9.17, 15) is 4.79 Å². The Kier molecular flexibility index (Phi) is 8.64. The summed E-state index contributed by atoms with van der Waals surface area (Å²) in [5.74, 6) is -0.00475. The lowest BCUT2D eigenvalue weighted by Gasteiger charge is -2.29. The van der Waals surface area contributed by atoms with Gasteiger partial charge >= 0.3 is 0 Å². The van der Waals surface area contributed by atoms with Crippen molar-refractivity contribution in [1.82, 2.24) is 14.9 Å². The molecular weight excluding hydrogens is 540 g/mol. The molecule has 0 aliphatic carbocycles. The number of anilines is 3. The molecule has 1 aliphatic heterocycles. The average molecular weight is 581 g/mol. The summed E-state index contributed by atoms with van der Waals surface area (Å²) in [4.78, 5) is 21.3. The SMILES string of the molecule is CCC(=O)Nc1ccc(N2C(=S)NC(c3ccccn3)C2c2cc(C)n(-c3ccc(N(CC)CC)cc3)c2C)cc1C. The molecule has 0 saturated carbocycles. The first-order valence-electron chi connectivity index (χ1n) is 14.7. The van der Waals surface area contributed by atoms with Crippen molar-refractivity contribution in [1.29, 1.82) is 0 Å². The monoisotopic (exact) mass is 580 g/mol. The predicted octanol–water partition coefficient (Wildman–Crippen LogP) is 7.17. The van der Waals surface area contributed by atoms with Crippen LogP contribution in [0.2, 0.25) is 0 Å². The summed E-state index contributed by atoms with van der Waals surface area (Å²) >= 11 is 5.99. The zero-order chi connectivity index (χ0) is 30.0. The zero-order valence-corrected chi connectivity index (χ0v) is 26.1. The predicted molar refractivity (Wildman–Crippen MR) is 177 cm³/mol. The number of carbonyl (C=O) groups is 1. The molecule has 42 heavy (non-hydrogen) atoms. The molecule has 0 spiro atoms. The van der Waals surface area contributed by atoms with Crippen molar-refractivity contribution in [2.45, 2.75) is 60.0 Å². The number of benzene rings is 2. The minimum Gasteiger partial charge on any atom is -0.372 e. The molecule has 2 aromatic carbocycles. The molecule has 3 heterocycles. The molecule has 8 heteroatoms. The number of aromatic nitrogens is 2. The van der Waals surface area contributed by atoms with Gasteiger partial charge in [0.15, 0.2) is 5.11 Å². The normalized spacial score (nSPS) is 16.4. The van der Waals surface area contributed by atoms with Gasteiger partial charge in [0.25, 0.3) is 0 Å². The van der Waals surface area contributed by atoms with Gasteiger partial charge in [-0.1, -0.05) is 13.0 Å². The van der Waals surface area contributed by atoms with E-state index in [1.54, 1.807) is 0 Å². The number of pyridine rings is 1. The van der Waals surface area contributed by atoms with E-state index in [2.05, 4.69) is 95.2 Å². The van der Waals surface area contributed by atoms with Crippen molar-refractivity contribution in [2.24, 2.45) is 0 Å². The molecule has 4 aromatic rings. The van der Waals surface area contributed by atoms with Crippen LogP contribution in [0.3, 0.4) is 0 Å². The molecular formula is C34H40N6OS. The summed E-state index contributed by atoms with van der Waals surface area (Å²) in [6, 6.07) is 22.9. The lowest BCUT2D eigenvalue weighted by atomic mass is 9.96. The second kappa shape index (κ2) is 12.4. The van der Waals surface area contributed by atoms with E-state index in [-0.39, 0.29) is 18.0 Å². The fourth-order valence-electron chi connectivity index (χ4n) is 6.01. The largest absolute Gasteiger partial charge is 0.372 e. The zero-order valence-electron chi connectivity index (χ0n) is 25.3. The van der Waals surface area contributed by atoms with Crippen LogP contribution in [-0.4, -0.2) is 33.7 Å². The number of hydrogen-bond donors (Lipinski definition) is 2. The van der Waals surface area contributed by atoms with Crippen molar-refractivity contribution < 1.29 is 4.79 Å². The molecule has 5 rings (SSSR count). The van der Waals surface area contributed by atoms with Crippen LogP contribution in [0.4, 0.5) is 17.1 Å².